The van der Waals surface area contributed by atoms with Crippen LogP contribution in [0.5, 0.6) is 0 Å². The fraction of sp³-hybridized carbons (Fsp3) is 0.353. The van der Waals surface area contributed by atoms with Gasteiger partial charge in [0.1, 0.15) is 0 Å². The number of carbonyl (C=O) groups is 3. The fourth-order valence-electron chi connectivity index (χ4n) is 2.55. The molecule has 0 radical (unpaired) electrons. The molecule has 1 aliphatic rings. The zero-order valence-electron chi connectivity index (χ0n) is 13.6. The van der Waals surface area contributed by atoms with Gasteiger partial charge in [-0.3, -0.25) is 9.59 Å². The van der Waals surface area contributed by atoms with Crippen molar-refractivity contribution in [2.75, 3.05) is 12.4 Å². The Kier molecular flexibility index (Phi) is 4.83. The Balaban J connectivity index is 2.28. The molecular weight excluding hydrogens is 296 g/mol. The van der Waals surface area contributed by atoms with Crippen molar-refractivity contribution >= 4 is 23.5 Å². The Bertz CT molecular complexity index is 707. The van der Waals surface area contributed by atoms with Crippen LogP contribution in [0.4, 0.5) is 5.69 Å². The maximum absolute atomic E-state index is 12.6. The minimum atomic E-state index is -0.863. The van der Waals surface area contributed by atoms with Crippen LogP contribution >= 0.6 is 0 Å². The molecule has 0 saturated carbocycles. The number of carbonyl (C=O) groups excluding carboxylic acids is 3. The standard InChI is InChI=1S/C17H20N2O4/c1-9-5-6-12(7-10(9)2)19-16(21)13-8-14(20)18-11(3)15(13)17(22)23-4/h5-7,13H,8H2,1-4H3,(H,18,20)(H,19,21). The van der Waals surface area contributed by atoms with Crippen molar-refractivity contribution in [3.63, 3.8) is 0 Å². The van der Waals surface area contributed by atoms with Crippen LogP contribution in [0.25, 0.3) is 0 Å². The van der Waals surface area contributed by atoms with Gasteiger partial charge in [0.2, 0.25) is 11.8 Å². The van der Waals surface area contributed by atoms with Crippen molar-refractivity contribution in [3.8, 4) is 0 Å². The van der Waals surface area contributed by atoms with Gasteiger partial charge in [-0.2, -0.15) is 0 Å². The van der Waals surface area contributed by atoms with Crippen LogP contribution in [0, 0.1) is 19.8 Å². The topological polar surface area (TPSA) is 84.5 Å². The lowest BCUT2D eigenvalue weighted by molar-refractivity contribution is -0.139. The first-order valence-corrected chi connectivity index (χ1v) is 7.30. The number of esters is 1. The zero-order chi connectivity index (χ0) is 17.1. The Labute approximate surface area is 134 Å². The summed E-state index contributed by atoms with van der Waals surface area (Å²) < 4.78 is 4.73. The maximum atomic E-state index is 12.6. The van der Waals surface area contributed by atoms with E-state index in [1.807, 2.05) is 26.0 Å². The van der Waals surface area contributed by atoms with Gasteiger partial charge in [-0.05, 0) is 44.0 Å². The van der Waals surface area contributed by atoms with E-state index in [2.05, 4.69) is 10.6 Å². The average molecular weight is 316 g/mol. The van der Waals surface area contributed by atoms with Gasteiger partial charge < -0.3 is 15.4 Å². The third-order valence-corrected chi connectivity index (χ3v) is 3.97. The largest absolute Gasteiger partial charge is 0.466 e. The predicted octanol–water partition coefficient (Wildman–Crippen LogP) is 1.83. The van der Waals surface area contributed by atoms with Gasteiger partial charge in [-0.15, -0.1) is 0 Å². The minimum Gasteiger partial charge on any atom is -0.466 e. The Hall–Kier alpha value is -2.63. The number of benzene rings is 1. The molecule has 1 heterocycles. The summed E-state index contributed by atoms with van der Waals surface area (Å²) in [5.74, 6) is -2.17. The van der Waals surface area contributed by atoms with Gasteiger partial charge in [0.05, 0.1) is 18.6 Å². The molecule has 0 aromatic heterocycles. The highest BCUT2D eigenvalue weighted by molar-refractivity contribution is 6.06. The van der Waals surface area contributed by atoms with Crippen LogP contribution < -0.4 is 10.6 Å². The molecular formula is C17H20N2O4. The second-order valence-corrected chi connectivity index (χ2v) is 5.62. The molecule has 0 aliphatic carbocycles. The van der Waals surface area contributed by atoms with Gasteiger partial charge >= 0.3 is 5.97 Å². The molecule has 122 valence electrons. The molecule has 0 fully saturated rings. The molecule has 1 atom stereocenters. The number of nitrogens with one attached hydrogen (secondary N) is 2. The van der Waals surface area contributed by atoms with Crippen LogP contribution in [0.15, 0.2) is 29.5 Å². The van der Waals surface area contributed by atoms with E-state index < -0.39 is 17.8 Å². The van der Waals surface area contributed by atoms with Crippen molar-refractivity contribution in [2.24, 2.45) is 5.92 Å². The van der Waals surface area contributed by atoms with Crippen LogP contribution in [-0.2, 0) is 19.1 Å². The van der Waals surface area contributed by atoms with Crippen molar-refractivity contribution in [1.29, 1.82) is 0 Å². The number of anilines is 1. The van der Waals surface area contributed by atoms with E-state index in [0.717, 1.165) is 11.1 Å². The van der Waals surface area contributed by atoms with Crippen molar-refractivity contribution < 1.29 is 19.1 Å². The van der Waals surface area contributed by atoms with E-state index in [0.29, 0.717) is 11.4 Å². The summed E-state index contributed by atoms with van der Waals surface area (Å²) in [5.41, 5.74) is 3.34. The smallest absolute Gasteiger partial charge is 0.336 e. The molecule has 1 aliphatic heterocycles. The molecule has 23 heavy (non-hydrogen) atoms. The Morgan fingerprint density at radius 3 is 2.52 bits per heavy atom. The number of amides is 2. The lowest BCUT2D eigenvalue weighted by Crippen LogP contribution is -2.40. The van der Waals surface area contributed by atoms with Crippen LogP contribution in [0.1, 0.15) is 24.5 Å². The highest BCUT2D eigenvalue weighted by Crippen LogP contribution is 2.26. The fourth-order valence-corrected chi connectivity index (χ4v) is 2.55. The molecule has 0 spiro atoms. The molecule has 0 saturated heterocycles. The number of hydrogen-bond donors (Lipinski definition) is 2. The summed E-state index contributed by atoms with van der Waals surface area (Å²) in [5, 5.41) is 5.34. The summed E-state index contributed by atoms with van der Waals surface area (Å²) in [6, 6.07) is 5.54. The Morgan fingerprint density at radius 2 is 1.91 bits per heavy atom. The maximum Gasteiger partial charge on any atom is 0.336 e. The van der Waals surface area contributed by atoms with Gasteiger partial charge in [0.15, 0.2) is 0 Å². The van der Waals surface area contributed by atoms with Crippen molar-refractivity contribution in [1.82, 2.24) is 5.32 Å². The highest BCUT2D eigenvalue weighted by Gasteiger charge is 2.36. The molecule has 2 N–H and O–H groups in total. The number of rotatable bonds is 3. The summed E-state index contributed by atoms with van der Waals surface area (Å²) >= 11 is 0. The van der Waals surface area contributed by atoms with E-state index >= 15 is 0 Å². The summed E-state index contributed by atoms with van der Waals surface area (Å²) in [6.07, 6.45) is -0.0849. The molecule has 1 unspecified atom stereocenters. The summed E-state index contributed by atoms with van der Waals surface area (Å²) in [7, 11) is 1.25. The first kappa shape index (κ1) is 16.7. The summed E-state index contributed by atoms with van der Waals surface area (Å²) in [6.45, 7) is 5.51. The third-order valence-electron chi connectivity index (χ3n) is 3.97. The van der Waals surface area contributed by atoms with Crippen molar-refractivity contribution in [2.45, 2.75) is 27.2 Å². The van der Waals surface area contributed by atoms with E-state index in [4.69, 9.17) is 4.74 Å². The van der Waals surface area contributed by atoms with E-state index in [1.54, 1.807) is 13.0 Å². The number of hydrogen-bond acceptors (Lipinski definition) is 4. The number of allylic oxidation sites excluding steroid dienone is 1. The zero-order valence-corrected chi connectivity index (χ0v) is 13.6. The lowest BCUT2D eigenvalue weighted by atomic mass is 9.89. The molecule has 0 bridgehead atoms. The van der Waals surface area contributed by atoms with E-state index in [9.17, 15) is 14.4 Å². The molecule has 6 heteroatoms. The van der Waals surface area contributed by atoms with E-state index in [-0.39, 0.29) is 17.9 Å². The lowest BCUT2D eigenvalue weighted by Gasteiger charge is -2.25. The molecule has 2 rings (SSSR count). The van der Waals surface area contributed by atoms with Gasteiger partial charge in [0.25, 0.3) is 0 Å². The molecule has 1 aromatic rings. The first-order valence-electron chi connectivity index (χ1n) is 7.30. The number of methoxy groups -OCH3 is 1. The minimum absolute atomic E-state index is 0.0849. The van der Waals surface area contributed by atoms with Gasteiger partial charge in [-0.25, -0.2) is 4.79 Å². The monoisotopic (exact) mass is 316 g/mol. The van der Waals surface area contributed by atoms with E-state index in [1.165, 1.54) is 7.11 Å². The second kappa shape index (κ2) is 6.64. The second-order valence-electron chi connectivity index (χ2n) is 5.62. The van der Waals surface area contributed by atoms with Gasteiger partial charge in [-0.1, -0.05) is 6.07 Å². The SMILES string of the molecule is COC(=O)C1=C(C)NC(=O)CC1C(=O)Nc1ccc(C)c(C)c1. The predicted molar refractivity (Wildman–Crippen MR) is 85.5 cm³/mol. The van der Waals surface area contributed by atoms with Crippen LogP contribution in [-0.4, -0.2) is 24.9 Å². The van der Waals surface area contributed by atoms with Crippen molar-refractivity contribution in [3.05, 3.63) is 40.6 Å². The quantitative estimate of drug-likeness (QED) is 0.833. The van der Waals surface area contributed by atoms with Gasteiger partial charge in [0, 0.05) is 17.8 Å². The molecule has 1 aromatic carbocycles. The summed E-state index contributed by atoms with van der Waals surface area (Å²) in [4.78, 5) is 36.2. The number of aryl methyl sites for hydroxylation is 2. The normalized spacial score (nSPS) is 17.6. The molecule has 2 amide bonds. The highest BCUT2D eigenvalue weighted by atomic mass is 16.5. The van der Waals surface area contributed by atoms with Crippen LogP contribution in [0.2, 0.25) is 0 Å². The average Bonchev–Trinajstić information content (AvgIpc) is 2.49. The Morgan fingerprint density at radius 1 is 1.22 bits per heavy atom. The molecule has 6 nitrogen and oxygen atoms in total. The third kappa shape index (κ3) is 3.59. The number of ether oxygens (including phenoxy) is 1. The van der Waals surface area contributed by atoms with Crippen LogP contribution in [0.3, 0.4) is 0 Å². The first-order chi connectivity index (χ1) is 10.8.